The maximum Gasteiger partial charge on any atom is 0.191 e. The minimum Gasteiger partial charge on any atom is -0.379 e. The fraction of sp³-hybridized carbons (Fsp3) is 0.750. The van der Waals surface area contributed by atoms with Crippen LogP contribution in [0.5, 0.6) is 0 Å². The van der Waals surface area contributed by atoms with Crippen LogP contribution in [0.3, 0.4) is 0 Å². The number of hydrogen-bond donors (Lipinski definition) is 2. The monoisotopic (exact) mass is 339 g/mol. The molecule has 0 radical (unpaired) electrons. The Morgan fingerprint density at radius 1 is 1.35 bits per heavy atom. The molecule has 2 N–H and O–H groups in total. The summed E-state index contributed by atoms with van der Waals surface area (Å²) in [4.78, 5) is 11.6. The summed E-state index contributed by atoms with van der Waals surface area (Å²) in [6.07, 6.45) is 2.11. The van der Waals surface area contributed by atoms with E-state index in [1.165, 1.54) is 5.01 Å². The van der Waals surface area contributed by atoms with E-state index in [0.29, 0.717) is 6.54 Å². The maximum atomic E-state index is 5.37. The van der Waals surface area contributed by atoms with Gasteiger partial charge in [-0.3, -0.25) is 4.90 Å². The van der Waals surface area contributed by atoms with E-state index in [0.717, 1.165) is 70.4 Å². The Morgan fingerprint density at radius 2 is 2.17 bits per heavy atom. The van der Waals surface area contributed by atoms with Gasteiger partial charge in [0.1, 0.15) is 0 Å². The van der Waals surface area contributed by atoms with Crippen LogP contribution in [0.2, 0.25) is 0 Å². The second-order valence-electron chi connectivity index (χ2n) is 5.52. The topological polar surface area (TPSA) is 61.8 Å². The molecule has 1 saturated heterocycles. The number of nitrogens with one attached hydrogen (secondary N) is 2. The first-order valence-corrected chi connectivity index (χ1v) is 9.45. The van der Waals surface area contributed by atoms with Crippen molar-refractivity contribution < 1.29 is 4.74 Å². The summed E-state index contributed by atoms with van der Waals surface area (Å²) in [6, 6.07) is 0. The van der Waals surface area contributed by atoms with Gasteiger partial charge < -0.3 is 15.4 Å². The summed E-state index contributed by atoms with van der Waals surface area (Å²) in [5.41, 5.74) is 1.05. The van der Waals surface area contributed by atoms with Crippen molar-refractivity contribution in [2.45, 2.75) is 33.2 Å². The maximum absolute atomic E-state index is 5.37. The number of hydrogen-bond acceptors (Lipinski definition) is 5. The molecule has 0 unspecified atom stereocenters. The third-order valence-electron chi connectivity index (χ3n) is 3.69. The van der Waals surface area contributed by atoms with Crippen LogP contribution in [0.15, 0.2) is 10.4 Å². The fourth-order valence-electron chi connectivity index (χ4n) is 2.42. The average Bonchev–Trinajstić information content (AvgIpc) is 3.05. The van der Waals surface area contributed by atoms with Gasteiger partial charge in [-0.05, 0) is 26.3 Å². The Bertz CT molecular complexity index is 471. The molecule has 1 aromatic rings. The van der Waals surface area contributed by atoms with Gasteiger partial charge >= 0.3 is 0 Å². The first-order valence-electron chi connectivity index (χ1n) is 8.57. The second-order valence-corrected chi connectivity index (χ2v) is 6.46. The lowest BCUT2D eigenvalue weighted by atomic mass is 10.3. The Balaban J connectivity index is 1.70. The van der Waals surface area contributed by atoms with E-state index in [-0.39, 0.29) is 0 Å². The van der Waals surface area contributed by atoms with E-state index in [4.69, 9.17) is 4.74 Å². The number of morpholine rings is 1. The van der Waals surface area contributed by atoms with Crippen LogP contribution in [-0.4, -0.2) is 61.8 Å². The molecule has 0 aromatic carbocycles. The molecule has 0 amide bonds. The van der Waals surface area contributed by atoms with E-state index in [9.17, 15) is 0 Å². The molecule has 2 heterocycles. The van der Waals surface area contributed by atoms with Crippen molar-refractivity contribution in [3.8, 4) is 0 Å². The molecule has 7 heteroatoms. The summed E-state index contributed by atoms with van der Waals surface area (Å²) in [5.74, 6) is 0.875. The Labute approximate surface area is 143 Å². The fourth-order valence-corrected chi connectivity index (χ4v) is 3.16. The Kier molecular flexibility index (Phi) is 8.35. The number of nitrogens with zero attached hydrogens (tertiary/aromatic N) is 3. The van der Waals surface area contributed by atoms with Crippen molar-refractivity contribution in [3.05, 3.63) is 16.1 Å². The minimum atomic E-state index is 0.634. The quantitative estimate of drug-likeness (QED) is 0.427. The van der Waals surface area contributed by atoms with Gasteiger partial charge in [-0.2, -0.15) is 0 Å². The first kappa shape index (κ1) is 18.2. The zero-order valence-corrected chi connectivity index (χ0v) is 15.1. The van der Waals surface area contributed by atoms with Crippen LogP contribution in [0.4, 0.5) is 0 Å². The van der Waals surface area contributed by atoms with Crippen LogP contribution in [-0.2, 0) is 17.7 Å². The molecule has 6 nitrogen and oxygen atoms in total. The van der Waals surface area contributed by atoms with Crippen molar-refractivity contribution in [3.63, 3.8) is 0 Å². The van der Waals surface area contributed by atoms with Gasteiger partial charge in [-0.25, -0.2) is 9.98 Å². The molecule has 23 heavy (non-hydrogen) atoms. The van der Waals surface area contributed by atoms with E-state index >= 15 is 0 Å². The standard InChI is InChI=1S/C16H29N5OS/c1-3-15-20-14(13-23-15)12-19-16(17-4-2)18-6-5-7-21-8-10-22-11-9-21/h13H,3-12H2,1-2H3,(H2,17,18,19). The Hall–Kier alpha value is -1.18. The van der Waals surface area contributed by atoms with E-state index < -0.39 is 0 Å². The van der Waals surface area contributed by atoms with Crippen LogP contribution < -0.4 is 10.6 Å². The molecule has 2 rings (SSSR count). The third-order valence-corrected chi connectivity index (χ3v) is 4.73. The SMILES string of the molecule is CCNC(=NCc1csc(CC)n1)NCCCN1CCOCC1. The lowest BCUT2D eigenvalue weighted by Crippen LogP contribution is -2.40. The highest BCUT2D eigenvalue weighted by molar-refractivity contribution is 7.09. The van der Waals surface area contributed by atoms with E-state index in [1.54, 1.807) is 11.3 Å². The largest absolute Gasteiger partial charge is 0.379 e. The molecule has 0 saturated carbocycles. The number of aromatic nitrogens is 1. The highest BCUT2D eigenvalue weighted by Gasteiger charge is 2.09. The zero-order valence-electron chi connectivity index (χ0n) is 14.3. The molecule has 0 spiro atoms. The highest BCUT2D eigenvalue weighted by atomic mass is 32.1. The highest BCUT2D eigenvalue weighted by Crippen LogP contribution is 2.10. The third kappa shape index (κ3) is 6.85. The average molecular weight is 340 g/mol. The van der Waals surface area contributed by atoms with Gasteiger partial charge in [0.25, 0.3) is 0 Å². The number of aryl methyl sites for hydroxylation is 1. The smallest absolute Gasteiger partial charge is 0.191 e. The normalized spacial score (nSPS) is 16.5. The lowest BCUT2D eigenvalue weighted by molar-refractivity contribution is 0.0376. The number of guanidine groups is 1. The first-order chi connectivity index (χ1) is 11.3. The molecule has 1 aliphatic rings. The van der Waals surface area contributed by atoms with Gasteiger partial charge in [0.2, 0.25) is 0 Å². The molecular formula is C16H29N5OS. The molecular weight excluding hydrogens is 310 g/mol. The summed E-state index contributed by atoms with van der Waals surface area (Å²) in [5, 5.41) is 9.98. The van der Waals surface area contributed by atoms with Crippen LogP contribution in [0.1, 0.15) is 31.0 Å². The van der Waals surface area contributed by atoms with Gasteiger partial charge in [0, 0.05) is 31.6 Å². The lowest BCUT2D eigenvalue weighted by Gasteiger charge is -2.26. The molecule has 0 aliphatic carbocycles. The second kappa shape index (κ2) is 10.6. The molecule has 0 bridgehead atoms. The molecule has 1 aromatic heterocycles. The van der Waals surface area contributed by atoms with E-state index in [2.05, 4.69) is 44.7 Å². The summed E-state index contributed by atoms with van der Waals surface area (Å²) < 4.78 is 5.37. The van der Waals surface area contributed by atoms with Crippen LogP contribution in [0, 0.1) is 0 Å². The van der Waals surface area contributed by atoms with Crippen molar-refractivity contribution in [2.75, 3.05) is 45.9 Å². The zero-order chi connectivity index (χ0) is 16.3. The van der Waals surface area contributed by atoms with Crippen molar-refractivity contribution in [1.82, 2.24) is 20.5 Å². The number of ether oxygens (including phenoxy) is 1. The van der Waals surface area contributed by atoms with E-state index in [1.807, 2.05) is 0 Å². The van der Waals surface area contributed by atoms with Crippen molar-refractivity contribution in [2.24, 2.45) is 4.99 Å². The summed E-state index contributed by atoms with van der Waals surface area (Å²) >= 11 is 1.71. The van der Waals surface area contributed by atoms with Crippen molar-refractivity contribution >= 4 is 17.3 Å². The van der Waals surface area contributed by atoms with Crippen molar-refractivity contribution in [1.29, 1.82) is 0 Å². The van der Waals surface area contributed by atoms with Gasteiger partial charge in [0.15, 0.2) is 5.96 Å². The van der Waals surface area contributed by atoms with Gasteiger partial charge in [-0.15, -0.1) is 11.3 Å². The van der Waals surface area contributed by atoms with Gasteiger partial charge in [-0.1, -0.05) is 6.92 Å². The van der Waals surface area contributed by atoms with Crippen LogP contribution >= 0.6 is 11.3 Å². The number of rotatable bonds is 8. The number of aliphatic imine (C=N–C) groups is 1. The van der Waals surface area contributed by atoms with Crippen LogP contribution in [0.25, 0.3) is 0 Å². The number of thiazole rings is 1. The predicted octanol–water partition coefficient (Wildman–Crippen LogP) is 1.48. The molecule has 1 fully saturated rings. The summed E-state index contributed by atoms with van der Waals surface area (Å²) in [6.45, 7) is 11.6. The minimum absolute atomic E-state index is 0.634. The molecule has 1 aliphatic heterocycles. The summed E-state index contributed by atoms with van der Waals surface area (Å²) in [7, 11) is 0. The van der Waals surface area contributed by atoms with Gasteiger partial charge in [0.05, 0.1) is 30.5 Å². The Morgan fingerprint density at radius 3 is 2.87 bits per heavy atom. The molecule has 0 atom stereocenters. The molecule has 130 valence electrons. The predicted molar refractivity (Wildman–Crippen MR) is 96.2 cm³/mol.